The van der Waals surface area contributed by atoms with Crippen molar-refractivity contribution in [3.05, 3.63) is 24.0 Å². The van der Waals surface area contributed by atoms with E-state index in [0.717, 1.165) is 11.0 Å². The van der Waals surface area contributed by atoms with E-state index in [9.17, 15) is 27.2 Å². The van der Waals surface area contributed by atoms with Gasteiger partial charge < -0.3 is 20.7 Å². The Morgan fingerprint density at radius 2 is 2.14 bits per heavy atom. The van der Waals surface area contributed by atoms with E-state index >= 15 is 0 Å². The molecule has 0 radical (unpaired) electrons. The molecule has 1 aliphatic rings. The maximum atomic E-state index is 14.4. The number of ether oxygens (including phenoxy) is 1. The second kappa shape index (κ2) is 9.30. The normalized spacial score (nSPS) is 16.4. The molecule has 0 unspecified atom stereocenters. The number of carbonyl (C=O) groups excluding carboxylic acids is 2. The quantitative estimate of drug-likeness (QED) is 0.668. The van der Waals surface area contributed by atoms with E-state index in [4.69, 9.17) is 10.5 Å². The highest BCUT2D eigenvalue weighted by atomic mass is 19.4. The molecular formula is C17H22F4N4O3. The number of nitrogens with two attached hydrogens (primary N) is 1. The van der Waals surface area contributed by atoms with Gasteiger partial charge in [0.15, 0.2) is 0 Å². The van der Waals surface area contributed by atoms with Crippen molar-refractivity contribution in [2.24, 2.45) is 5.73 Å². The zero-order chi connectivity index (χ0) is 20.9. The predicted octanol–water partition coefficient (Wildman–Crippen LogP) is 1.34. The monoisotopic (exact) mass is 406 g/mol. The molecule has 156 valence electrons. The minimum Gasteiger partial charge on any atom is -0.370 e. The van der Waals surface area contributed by atoms with Crippen LogP contribution in [0.1, 0.15) is 6.92 Å². The molecule has 2 amide bonds. The number of benzene rings is 1. The second-order valence-electron chi connectivity index (χ2n) is 6.18. The van der Waals surface area contributed by atoms with Crippen molar-refractivity contribution in [3.63, 3.8) is 0 Å². The number of morpholine rings is 1. The summed E-state index contributed by atoms with van der Waals surface area (Å²) in [7, 11) is 0. The van der Waals surface area contributed by atoms with Crippen LogP contribution in [-0.4, -0.2) is 68.3 Å². The summed E-state index contributed by atoms with van der Waals surface area (Å²) in [6, 6.07) is 2.46. The first kappa shape index (κ1) is 22.1. The molecule has 2 rings (SSSR count). The van der Waals surface area contributed by atoms with E-state index in [1.807, 2.05) is 0 Å². The fourth-order valence-electron chi connectivity index (χ4n) is 2.90. The van der Waals surface area contributed by atoms with Crippen LogP contribution in [0.25, 0.3) is 0 Å². The molecule has 1 atom stereocenters. The van der Waals surface area contributed by atoms with Crippen molar-refractivity contribution in [1.82, 2.24) is 4.90 Å². The van der Waals surface area contributed by atoms with Gasteiger partial charge in [0.25, 0.3) is 5.91 Å². The van der Waals surface area contributed by atoms with Gasteiger partial charge in [0.05, 0.1) is 18.8 Å². The van der Waals surface area contributed by atoms with Crippen molar-refractivity contribution in [2.45, 2.75) is 19.1 Å². The van der Waals surface area contributed by atoms with Gasteiger partial charge in [0.1, 0.15) is 18.5 Å². The van der Waals surface area contributed by atoms with Crippen molar-refractivity contribution in [3.8, 4) is 0 Å². The van der Waals surface area contributed by atoms with Crippen LogP contribution in [0.5, 0.6) is 0 Å². The first-order valence-electron chi connectivity index (χ1n) is 8.65. The van der Waals surface area contributed by atoms with Crippen molar-refractivity contribution >= 4 is 23.2 Å². The van der Waals surface area contributed by atoms with Crippen molar-refractivity contribution < 1.29 is 31.9 Å². The van der Waals surface area contributed by atoms with Gasteiger partial charge in [-0.25, -0.2) is 4.39 Å². The van der Waals surface area contributed by atoms with Crippen LogP contribution < -0.4 is 16.0 Å². The fraction of sp³-hybridized carbons (Fsp3) is 0.529. The van der Waals surface area contributed by atoms with E-state index in [-0.39, 0.29) is 44.2 Å². The van der Waals surface area contributed by atoms with Crippen LogP contribution in [0.15, 0.2) is 18.2 Å². The van der Waals surface area contributed by atoms with Crippen LogP contribution >= 0.6 is 0 Å². The SMILES string of the molecule is CCN(CC(F)(F)F)[C@@H](CN)C(=O)Nc1ccc(N2CCOCC2=O)c(F)c1. The van der Waals surface area contributed by atoms with Gasteiger partial charge >= 0.3 is 6.18 Å². The lowest BCUT2D eigenvalue weighted by molar-refractivity contribution is -0.153. The Morgan fingerprint density at radius 3 is 2.68 bits per heavy atom. The Kier molecular flexibility index (Phi) is 7.33. The van der Waals surface area contributed by atoms with Gasteiger partial charge in [0.2, 0.25) is 5.91 Å². The number of likely N-dealkylation sites (N-methyl/N-ethyl adjacent to an activating group) is 1. The third kappa shape index (κ3) is 5.63. The minimum absolute atomic E-state index is 0.0360. The molecule has 1 heterocycles. The van der Waals surface area contributed by atoms with E-state index < -0.39 is 36.4 Å². The lowest BCUT2D eigenvalue weighted by atomic mass is 10.2. The largest absolute Gasteiger partial charge is 0.401 e. The van der Waals surface area contributed by atoms with Gasteiger partial charge in [-0.05, 0) is 24.7 Å². The van der Waals surface area contributed by atoms with Crippen molar-refractivity contribution in [1.29, 1.82) is 0 Å². The summed E-state index contributed by atoms with van der Waals surface area (Å²) in [5, 5.41) is 2.38. The van der Waals surface area contributed by atoms with Crippen LogP contribution in [0, 0.1) is 5.82 Å². The maximum absolute atomic E-state index is 14.4. The number of amides is 2. The van der Waals surface area contributed by atoms with Gasteiger partial charge in [0, 0.05) is 18.8 Å². The zero-order valence-corrected chi connectivity index (χ0v) is 15.3. The van der Waals surface area contributed by atoms with Gasteiger partial charge in [-0.2, -0.15) is 13.2 Å². The number of rotatable bonds is 7. The molecule has 1 aromatic rings. The average molecular weight is 406 g/mol. The number of carbonyl (C=O) groups is 2. The average Bonchev–Trinajstić information content (AvgIpc) is 2.61. The summed E-state index contributed by atoms with van der Waals surface area (Å²) < 4.78 is 57.4. The highest BCUT2D eigenvalue weighted by Gasteiger charge is 2.35. The first-order valence-corrected chi connectivity index (χ1v) is 8.65. The predicted molar refractivity (Wildman–Crippen MR) is 94.3 cm³/mol. The summed E-state index contributed by atoms with van der Waals surface area (Å²) >= 11 is 0. The first-order chi connectivity index (χ1) is 13.2. The number of alkyl halides is 3. The smallest absolute Gasteiger partial charge is 0.370 e. The third-order valence-corrected chi connectivity index (χ3v) is 4.25. The third-order valence-electron chi connectivity index (χ3n) is 4.25. The topological polar surface area (TPSA) is 87.9 Å². The summed E-state index contributed by atoms with van der Waals surface area (Å²) in [6.45, 7) is 0.135. The lowest BCUT2D eigenvalue weighted by Gasteiger charge is -2.29. The molecule has 0 spiro atoms. The van der Waals surface area contributed by atoms with E-state index in [1.165, 1.54) is 24.0 Å². The summed E-state index contributed by atoms with van der Waals surface area (Å²) in [6.07, 6.45) is -4.48. The van der Waals surface area contributed by atoms with Crippen molar-refractivity contribution in [2.75, 3.05) is 49.6 Å². The number of nitrogens with one attached hydrogen (secondary N) is 1. The number of hydrogen-bond donors (Lipinski definition) is 2. The van der Waals surface area contributed by atoms with Gasteiger partial charge in [-0.1, -0.05) is 6.92 Å². The molecule has 1 aliphatic heterocycles. The number of halogens is 4. The Morgan fingerprint density at radius 1 is 1.43 bits per heavy atom. The summed E-state index contributed by atoms with van der Waals surface area (Å²) in [5.74, 6) is -1.92. The molecule has 0 saturated carbocycles. The molecule has 0 aliphatic carbocycles. The molecule has 7 nitrogen and oxygen atoms in total. The van der Waals surface area contributed by atoms with Crippen LogP contribution in [0.2, 0.25) is 0 Å². The molecule has 11 heteroatoms. The van der Waals surface area contributed by atoms with Gasteiger partial charge in [-0.3, -0.25) is 14.5 Å². The molecule has 0 bridgehead atoms. The standard InChI is InChI=1S/C17H22F4N4O3/c1-2-24(10-17(19,20)21)14(8-22)16(27)23-11-3-4-13(12(18)7-11)25-5-6-28-9-15(25)26/h3-4,7,14H,2,5-6,8-10,22H2,1H3,(H,23,27)/t14-/m0/s1. The second-order valence-corrected chi connectivity index (χ2v) is 6.18. The molecule has 1 fully saturated rings. The fourth-order valence-corrected chi connectivity index (χ4v) is 2.90. The molecule has 0 aromatic heterocycles. The molecule has 1 aromatic carbocycles. The highest BCUT2D eigenvalue weighted by Crippen LogP contribution is 2.25. The number of anilines is 2. The Hall–Kier alpha value is -2.24. The van der Waals surface area contributed by atoms with Gasteiger partial charge in [-0.15, -0.1) is 0 Å². The minimum atomic E-state index is -4.48. The molecule has 28 heavy (non-hydrogen) atoms. The highest BCUT2D eigenvalue weighted by molar-refractivity contribution is 5.97. The number of nitrogens with zero attached hydrogens (tertiary/aromatic N) is 2. The molecular weight excluding hydrogens is 384 g/mol. The van der Waals surface area contributed by atoms with E-state index in [0.29, 0.717) is 0 Å². The van der Waals surface area contributed by atoms with Crippen LogP contribution in [-0.2, 0) is 14.3 Å². The van der Waals surface area contributed by atoms with E-state index in [1.54, 1.807) is 0 Å². The zero-order valence-electron chi connectivity index (χ0n) is 15.3. The number of hydrogen-bond acceptors (Lipinski definition) is 5. The maximum Gasteiger partial charge on any atom is 0.401 e. The van der Waals surface area contributed by atoms with E-state index in [2.05, 4.69) is 5.32 Å². The summed E-state index contributed by atoms with van der Waals surface area (Å²) in [5.41, 5.74) is 5.58. The molecule has 1 saturated heterocycles. The summed E-state index contributed by atoms with van der Waals surface area (Å²) in [4.78, 5) is 26.3. The lowest BCUT2D eigenvalue weighted by Crippen LogP contribution is -2.51. The van der Waals surface area contributed by atoms with Crippen LogP contribution in [0.4, 0.5) is 28.9 Å². The Bertz CT molecular complexity index is 714. The van der Waals surface area contributed by atoms with Crippen LogP contribution in [0.3, 0.4) is 0 Å². The molecule has 3 N–H and O–H groups in total. The Balaban J connectivity index is 2.12. The Labute approximate surface area is 159 Å².